The van der Waals surface area contributed by atoms with Crippen molar-refractivity contribution in [2.45, 2.75) is 13.8 Å². The molecule has 6 nitrogen and oxygen atoms in total. The van der Waals surface area contributed by atoms with Crippen LogP contribution in [-0.4, -0.2) is 49.6 Å². The highest BCUT2D eigenvalue weighted by molar-refractivity contribution is 6.45. The molecule has 0 atom stereocenters. The summed E-state index contributed by atoms with van der Waals surface area (Å²) in [6, 6.07) is 12.5. The molecule has 2 aromatic carbocycles. The van der Waals surface area contributed by atoms with Crippen LogP contribution in [0.2, 0.25) is 5.02 Å². The third-order valence-electron chi connectivity index (χ3n) is 5.25. The second-order valence-corrected chi connectivity index (χ2v) is 7.57. The van der Waals surface area contributed by atoms with E-state index in [0.29, 0.717) is 66.2 Å². The molecule has 2 aliphatic heterocycles. The van der Waals surface area contributed by atoms with Gasteiger partial charge < -0.3 is 14.4 Å². The van der Waals surface area contributed by atoms with E-state index >= 15 is 0 Å². The fraction of sp³-hybridized carbons (Fsp3) is 0.304. The van der Waals surface area contributed by atoms with Crippen LogP contribution < -0.4 is 9.64 Å². The summed E-state index contributed by atoms with van der Waals surface area (Å²) >= 11 is 6.27. The predicted octanol–water partition coefficient (Wildman–Crippen LogP) is 3.66. The molecule has 0 radical (unpaired) electrons. The first-order valence-corrected chi connectivity index (χ1v) is 10.3. The van der Waals surface area contributed by atoms with Crippen LogP contribution in [0, 0.1) is 6.92 Å². The van der Waals surface area contributed by atoms with Gasteiger partial charge in [-0.05, 0) is 49.2 Å². The summed E-state index contributed by atoms with van der Waals surface area (Å²) in [6.07, 6.45) is 0. The van der Waals surface area contributed by atoms with Gasteiger partial charge in [0.25, 0.3) is 11.8 Å². The van der Waals surface area contributed by atoms with Crippen molar-refractivity contribution < 1.29 is 19.1 Å². The number of benzene rings is 2. The Morgan fingerprint density at radius 1 is 1.03 bits per heavy atom. The van der Waals surface area contributed by atoms with Crippen LogP contribution in [0.25, 0.3) is 5.57 Å². The first-order chi connectivity index (χ1) is 14.5. The van der Waals surface area contributed by atoms with Gasteiger partial charge in [-0.1, -0.05) is 29.8 Å². The molecule has 7 heteroatoms. The number of imide groups is 1. The smallest absolute Gasteiger partial charge is 0.282 e. The third-order valence-corrected chi connectivity index (χ3v) is 5.66. The fourth-order valence-electron chi connectivity index (χ4n) is 3.70. The van der Waals surface area contributed by atoms with Crippen LogP contribution in [0.5, 0.6) is 5.75 Å². The van der Waals surface area contributed by atoms with E-state index in [1.54, 1.807) is 12.1 Å². The first kappa shape index (κ1) is 20.4. The lowest BCUT2D eigenvalue weighted by molar-refractivity contribution is -0.121. The van der Waals surface area contributed by atoms with E-state index < -0.39 is 0 Å². The molecule has 30 heavy (non-hydrogen) atoms. The lowest BCUT2D eigenvalue weighted by Crippen LogP contribution is -2.40. The Hall–Kier alpha value is -2.83. The van der Waals surface area contributed by atoms with Gasteiger partial charge in [-0.2, -0.15) is 0 Å². The Labute approximate surface area is 180 Å². The summed E-state index contributed by atoms with van der Waals surface area (Å²) in [7, 11) is 0. The van der Waals surface area contributed by atoms with Gasteiger partial charge in [-0.3, -0.25) is 9.59 Å². The molecular weight excluding hydrogens is 404 g/mol. The Kier molecular flexibility index (Phi) is 5.79. The third kappa shape index (κ3) is 3.68. The maximum absolute atomic E-state index is 13.5. The Morgan fingerprint density at radius 3 is 2.37 bits per heavy atom. The van der Waals surface area contributed by atoms with Crippen LogP contribution >= 0.6 is 11.6 Å². The Balaban J connectivity index is 1.79. The molecule has 1 saturated heterocycles. The number of halogens is 1. The number of aryl methyl sites for hydroxylation is 1. The summed E-state index contributed by atoms with van der Waals surface area (Å²) < 4.78 is 10.9. The lowest BCUT2D eigenvalue weighted by Gasteiger charge is -2.29. The molecule has 0 spiro atoms. The summed E-state index contributed by atoms with van der Waals surface area (Å²) in [5.74, 6) is 0.0185. The van der Waals surface area contributed by atoms with E-state index in [1.807, 2.05) is 49.1 Å². The molecule has 4 rings (SSSR count). The normalized spacial score (nSPS) is 17.2. The molecule has 2 aliphatic rings. The van der Waals surface area contributed by atoms with Gasteiger partial charge in [0.1, 0.15) is 11.4 Å². The summed E-state index contributed by atoms with van der Waals surface area (Å²) in [5, 5.41) is 0.510. The molecule has 156 valence electrons. The summed E-state index contributed by atoms with van der Waals surface area (Å²) in [5.41, 5.74) is 2.82. The minimum Gasteiger partial charge on any atom is -0.494 e. The Morgan fingerprint density at radius 2 is 1.73 bits per heavy atom. The first-order valence-electron chi connectivity index (χ1n) is 9.96. The number of ether oxygens (including phenoxy) is 2. The maximum Gasteiger partial charge on any atom is 0.282 e. The molecule has 0 saturated carbocycles. The zero-order valence-electron chi connectivity index (χ0n) is 17.0. The van der Waals surface area contributed by atoms with E-state index in [4.69, 9.17) is 21.1 Å². The largest absolute Gasteiger partial charge is 0.494 e. The lowest BCUT2D eigenvalue weighted by atomic mass is 10.0. The van der Waals surface area contributed by atoms with Crippen LogP contribution in [0.4, 0.5) is 5.69 Å². The zero-order chi connectivity index (χ0) is 21.3. The molecule has 0 bridgehead atoms. The number of carbonyl (C=O) groups excluding carboxylic acids is 2. The standard InChI is InChI=1S/C23H23ClN2O4/c1-3-30-18-8-5-16(6-9-18)20-21(25-10-12-29-13-11-25)23(28)26(22(20)27)17-7-4-15(2)19(24)14-17/h4-9,14H,3,10-13H2,1-2H3. The summed E-state index contributed by atoms with van der Waals surface area (Å²) in [6.45, 7) is 6.48. The molecular formula is C23H23ClN2O4. The van der Waals surface area contributed by atoms with E-state index in [0.717, 1.165) is 5.56 Å². The highest BCUT2D eigenvalue weighted by Crippen LogP contribution is 2.36. The van der Waals surface area contributed by atoms with Crippen molar-refractivity contribution in [3.63, 3.8) is 0 Å². The minimum atomic E-state index is -0.356. The minimum absolute atomic E-state index is 0.342. The number of hydrogen-bond donors (Lipinski definition) is 0. The van der Waals surface area contributed by atoms with Gasteiger partial charge in [0.15, 0.2) is 0 Å². The van der Waals surface area contributed by atoms with Crippen molar-refractivity contribution in [1.29, 1.82) is 0 Å². The maximum atomic E-state index is 13.5. The number of nitrogens with zero attached hydrogens (tertiary/aromatic N) is 2. The van der Waals surface area contributed by atoms with Gasteiger partial charge in [-0.25, -0.2) is 4.90 Å². The molecule has 2 heterocycles. The van der Waals surface area contributed by atoms with E-state index in [1.165, 1.54) is 4.90 Å². The van der Waals surface area contributed by atoms with Gasteiger partial charge in [0.2, 0.25) is 0 Å². The van der Waals surface area contributed by atoms with Crippen molar-refractivity contribution >= 4 is 34.7 Å². The van der Waals surface area contributed by atoms with Crippen LogP contribution in [-0.2, 0) is 14.3 Å². The molecule has 0 N–H and O–H groups in total. The number of anilines is 1. The van der Waals surface area contributed by atoms with Gasteiger partial charge in [0.05, 0.1) is 31.1 Å². The summed E-state index contributed by atoms with van der Waals surface area (Å²) in [4.78, 5) is 30.1. The second-order valence-electron chi connectivity index (χ2n) is 7.16. The number of amides is 2. The molecule has 2 aromatic rings. The van der Waals surface area contributed by atoms with Crippen molar-refractivity contribution in [1.82, 2.24) is 4.90 Å². The van der Waals surface area contributed by atoms with E-state index in [9.17, 15) is 9.59 Å². The van der Waals surface area contributed by atoms with Gasteiger partial charge in [-0.15, -0.1) is 0 Å². The average molecular weight is 427 g/mol. The number of carbonyl (C=O) groups is 2. The molecule has 2 amide bonds. The molecule has 0 unspecified atom stereocenters. The van der Waals surface area contributed by atoms with Crippen molar-refractivity contribution in [3.05, 3.63) is 64.3 Å². The van der Waals surface area contributed by atoms with E-state index in [-0.39, 0.29) is 11.8 Å². The quantitative estimate of drug-likeness (QED) is 0.683. The zero-order valence-corrected chi connectivity index (χ0v) is 17.7. The average Bonchev–Trinajstić information content (AvgIpc) is 3.02. The number of rotatable bonds is 5. The van der Waals surface area contributed by atoms with Crippen LogP contribution in [0.1, 0.15) is 18.1 Å². The number of hydrogen-bond acceptors (Lipinski definition) is 5. The topological polar surface area (TPSA) is 59.1 Å². The highest BCUT2D eigenvalue weighted by Gasteiger charge is 2.42. The Bertz CT molecular complexity index is 1010. The van der Waals surface area contributed by atoms with Crippen LogP contribution in [0.15, 0.2) is 48.2 Å². The monoisotopic (exact) mass is 426 g/mol. The van der Waals surface area contributed by atoms with Crippen molar-refractivity contribution in [2.24, 2.45) is 0 Å². The molecule has 0 aromatic heterocycles. The van der Waals surface area contributed by atoms with E-state index in [2.05, 4.69) is 0 Å². The SMILES string of the molecule is CCOc1ccc(C2=C(N3CCOCC3)C(=O)N(c3ccc(C)c(Cl)c3)C2=O)cc1. The van der Waals surface area contributed by atoms with Gasteiger partial charge >= 0.3 is 0 Å². The highest BCUT2D eigenvalue weighted by atomic mass is 35.5. The van der Waals surface area contributed by atoms with Gasteiger partial charge in [0, 0.05) is 18.1 Å². The van der Waals surface area contributed by atoms with Crippen LogP contribution in [0.3, 0.4) is 0 Å². The second kappa shape index (κ2) is 8.50. The van der Waals surface area contributed by atoms with Crippen molar-refractivity contribution in [2.75, 3.05) is 37.8 Å². The van der Waals surface area contributed by atoms with Crippen molar-refractivity contribution in [3.8, 4) is 5.75 Å². The molecule has 0 aliphatic carbocycles. The predicted molar refractivity (Wildman–Crippen MR) is 116 cm³/mol. The fourth-order valence-corrected chi connectivity index (χ4v) is 3.87. The molecule has 1 fully saturated rings. The number of morpholine rings is 1.